The molecule has 0 aromatic carbocycles. The van der Waals surface area contributed by atoms with Crippen LogP contribution in [0.5, 0.6) is 0 Å². The summed E-state index contributed by atoms with van der Waals surface area (Å²) in [7, 11) is 0. The van der Waals surface area contributed by atoms with E-state index in [9.17, 15) is 9.59 Å². The molecule has 4 fully saturated rings. The number of anilines is 1. The van der Waals surface area contributed by atoms with Gasteiger partial charge in [-0.25, -0.2) is 0 Å². The molecule has 8 nitrogen and oxygen atoms in total. The van der Waals surface area contributed by atoms with E-state index in [2.05, 4.69) is 0 Å². The maximum Gasteiger partial charge on any atom is 0.253 e. The fraction of sp³-hybridized carbons (Fsp3) is 0.667. The lowest BCUT2D eigenvalue weighted by atomic mass is 10.0. The quantitative estimate of drug-likeness (QED) is 0.744. The van der Waals surface area contributed by atoms with Gasteiger partial charge >= 0.3 is 0 Å². The van der Waals surface area contributed by atoms with Crippen LogP contribution in [-0.2, 0) is 23.8 Å². The Kier molecular flexibility index (Phi) is 3.80. The zero-order valence-electron chi connectivity index (χ0n) is 14.5. The zero-order valence-corrected chi connectivity index (χ0v) is 14.5. The van der Waals surface area contributed by atoms with Gasteiger partial charge in [0.2, 0.25) is 5.91 Å². The summed E-state index contributed by atoms with van der Waals surface area (Å²) in [5, 5.41) is 0. The topological polar surface area (TPSA) is 81.5 Å². The molecule has 1 saturated carbocycles. The van der Waals surface area contributed by atoms with Crippen molar-refractivity contribution in [1.82, 2.24) is 4.90 Å². The number of furan rings is 1. The van der Waals surface area contributed by atoms with Crippen LogP contribution in [0.3, 0.4) is 0 Å². The first-order valence-electron chi connectivity index (χ1n) is 9.08. The van der Waals surface area contributed by atoms with Crippen molar-refractivity contribution < 1.29 is 28.2 Å². The standard InChI is InChI=1S/C18H22N2O6/c21-15-8-26-18(10-20(15)12-1-3-23-5-12)9-19(2-4-24-11-18)17(22)16-13-6-25-7-14(13)16/h1,3,5,13-14,16H,2,4,6-11H2/t13-,14+,16?,18?. The number of hydrogen-bond donors (Lipinski definition) is 0. The predicted octanol–water partition coefficient (Wildman–Crippen LogP) is 0.133. The number of nitrogens with zero attached hydrogens (tertiary/aromatic N) is 2. The average Bonchev–Trinajstić information content (AvgIpc) is 3.00. The minimum Gasteiger partial charge on any atom is -0.470 e. The Morgan fingerprint density at radius 3 is 2.81 bits per heavy atom. The first-order valence-corrected chi connectivity index (χ1v) is 9.08. The van der Waals surface area contributed by atoms with E-state index < -0.39 is 5.60 Å². The fourth-order valence-electron chi connectivity index (χ4n) is 4.45. The third-order valence-corrected chi connectivity index (χ3v) is 5.97. The SMILES string of the molecule is O=C(C1[C@H]2COC[C@@H]12)N1CCOCC2(C1)CN(c1ccoc1)C(=O)CO2. The van der Waals surface area contributed by atoms with Gasteiger partial charge in [-0.1, -0.05) is 0 Å². The number of ether oxygens (including phenoxy) is 3. The molecule has 4 aliphatic rings. The van der Waals surface area contributed by atoms with Crippen molar-refractivity contribution in [2.75, 3.05) is 57.6 Å². The van der Waals surface area contributed by atoms with Gasteiger partial charge in [-0.05, 0) is 11.8 Å². The van der Waals surface area contributed by atoms with Gasteiger partial charge in [-0.3, -0.25) is 9.59 Å². The molecule has 2 amide bonds. The lowest BCUT2D eigenvalue weighted by molar-refractivity contribution is -0.150. The van der Waals surface area contributed by atoms with Crippen LogP contribution >= 0.6 is 0 Å². The summed E-state index contributed by atoms with van der Waals surface area (Å²) in [5.41, 5.74) is -0.00800. The van der Waals surface area contributed by atoms with Crippen LogP contribution in [0.2, 0.25) is 0 Å². The van der Waals surface area contributed by atoms with Gasteiger partial charge in [0.05, 0.1) is 51.5 Å². The number of amides is 2. The highest BCUT2D eigenvalue weighted by atomic mass is 16.6. The second-order valence-electron chi connectivity index (χ2n) is 7.64. The third kappa shape index (κ3) is 2.64. The van der Waals surface area contributed by atoms with Gasteiger partial charge in [0.1, 0.15) is 18.5 Å². The zero-order chi connectivity index (χ0) is 17.7. The molecule has 4 atom stereocenters. The van der Waals surface area contributed by atoms with E-state index in [1.54, 1.807) is 17.2 Å². The van der Waals surface area contributed by atoms with Gasteiger partial charge in [-0.2, -0.15) is 0 Å². The number of carbonyl (C=O) groups is 2. The molecule has 3 saturated heterocycles. The van der Waals surface area contributed by atoms with Crippen molar-refractivity contribution in [3.63, 3.8) is 0 Å². The van der Waals surface area contributed by atoms with E-state index in [0.29, 0.717) is 63.6 Å². The van der Waals surface area contributed by atoms with Crippen LogP contribution in [0.1, 0.15) is 0 Å². The van der Waals surface area contributed by atoms with Crippen LogP contribution in [0.25, 0.3) is 0 Å². The molecule has 0 radical (unpaired) electrons. The lowest BCUT2D eigenvalue weighted by Gasteiger charge is -2.42. The molecule has 26 heavy (non-hydrogen) atoms. The predicted molar refractivity (Wildman–Crippen MR) is 88.4 cm³/mol. The highest BCUT2D eigenvalue weighted by Crippen LogP contribution is 2.51. The second-order valence-corrected chi connectivity index (χ2v) is 7.64. The molecule has 0 N–H and O–H groups in total. The highest BCUT2D eigenvalue weighted by molar-refractivity contribution is 5.95. The van der Waals surface area contributed by atoms with Gasteiger partial charge in [-0.15, -0.1) is 0 Å². The Hall–Kier alpha value is -1.90. The molecule has 2 unspecified atom stereocenters. The normalized spacial score (nSPS) is 36.9. The molecule has 1 spiro atoms. The van der Waals surface area contributed by atoms with E-state index in [0.717, 1.165) is 0 Å². The summed E-state index contributed by atoms with van der Waals surface area (Å²) in [5.74, 6) is 0.878. The summed E-state index contributed by atoms with van der Waals surface area (Å²) in [4.78, 5) is 28.8. The summed E-state index contributed by atoms with van der Waals surface area (Å²) in [6, 6.07) is 1.75. The fourth-order valence-corrected chi connectivity index (χ4v) is 4.45. The Labute approximate surface area is 150 Å². The Bertz CT molecular complexity index is 697. The molecule has 1 aliphatic carbocycles. The summed E-state index contributed by atoms with van der Waals surface area (Å²) >= 11 is 0. The van der Waals surface area contributed by atoms with E-state index >= 15 is 0 Å². The van der Waals surface area contributed by atoms with Gasteiger partial charge in [0, 0.05) is 18.5 Å². The molecule has 8 heteroatoms. The number of hydrogen-bond acceptors (Lipinski definition) is 6. The number of fused-ring (bicyclic) bond motifs is 1. The van der Waals surface area contributed by atoms with Crippen LogP contribution in [-0.4, -0.2) is 75.0 Å². The minimum absolute atomic E-state index is 0.0287. The first-order chi connectivity index (χ1) is 12.7. The number of morpholine rings is 1. The molecule has 1 aromatic heterocycles. The smallest absolute Gasteiger partial charge is 0.253 e. The Morgan fingerprint density at radius 2 is 2.04 bits per heavy atom. The molecule has 4 heterocycles. The van der Waals surface area contributed by atoms with Crippen molar-refractivity contribution in [3.05, 3.63) is 18.6 Å². The molecule has 140 valence electrons. The number of rotatable bonds is 2. The van der Waals surface area contributed by atoms with E-state index in [4.69, 9.17) is 18.6 Å². The summed E-state index contributed by atoms with van der Waals surface area (Å²) < 4.78 is 22.2. The molecule has 0 bridgehead atoms. The van der Waals surface area contributed by atoms with Crippen LogP contribution in [0, 0.1) is 17.8 Å². The second kappa shape index (κ2) is 6.07. The molecule has 1 aromatic rings. The van der Waals surface area contributed by atoms with Crippen LogP contribution in [0.4, 0.5) is 5.69 Å². The maximum atomic E-state index is 13.0. The van der Waals surface area contributed by atoms with Crippen molar-refractivity contribution in [3.8, 4) is 0 Å². The molecular weight excluding hydrogens is 340 g/mol. The molecule has 3 aliphatic heterocycles. The Morgan fingerprint density at radius 1 is 1.19 bits per heavy atom. The summed E-state index contributed by atoms with van der Waals surface area (Å²) in [6.07, 6.45) is 3.08. The third-order valence-electron chi connectivity index (χ3n) is 5.97. The first kappa shape index (κ1) is 16.3. The van der Waals surface area contributed by atoms with Crippen LogP contribution in [0.15, 0.2) is 23.0 Å². The minimum atomic E-state index is -0.710. The van der Waals surface area contributed by atoms with Gasteiger partial charge in [0.25, 0.3) is 5.91 Å². The van der Waals surface area contributed by atoms with Crippen LogP contribution < -0.4 is 4.90 Å². The van der Waals surface area contributed by atoms with Gasteiger partial charge in [0.15, 0.2) is 0 Å². The average molecular weight is 362 g/mol. The highest BCUT2D eigenvalue weighted by Gasteiger charge is 2.59. The van der Waals surface area contributed by atoms with Crippen molar-refractivity contribution >= 4 is 17.5 Å². The lowest BCUT2D eigenvalue weighted by Crippen LogP contribution is -2.61. The van der Waals surface area contributed by atoms with Crippen molar-refractivity contribution in [2.24, 2.45) is 17.8 Å². The van der Waals surface area contributed by atoms with E-state index in [1.165, 1.54) is 6.26 Å². The maximum absolute atomic E-state index is 13.0. The van der Waals surface area contributed by atoms with Crippen molar-refractivity contribution in [1.29, 1.82) is 0 Å². The van der Waals surface area contributed by atoms with E-state index in [-0.39, 0.29) is 24.3 Å². The monoisotopic (exact) mass is 362 g/mol. The van der Waals surface area contributed by atoms with E-state index in [1.807, 2.05) is 4.90 Å². The molecular formula is C18H22N2O6. The summed E-state index contributed by atoms with van der Waals surface area (Å²) in [6.45, 7) is 3.53. The van der Waals surface area contributed by atoms with Gasteiger partial charge < -0.3 is 28.4 Å². The number of carbonyl (C=O) groups excluding carboxylic acids is 2. The Balaban J connectivity index is 1.34. The molecule has 5 rings (SSSR count). The largest absolute Gasteiger partial charge is 0.470 e. The van der Waals surface area contributed by atoms with Crippen molar-refractivity contribution in [2.45, 2.75) is 5.60 Å².